The third-order valence-electron chi connectivity index (χ3n) is 3.23. The van der Waals surface area contributed by atoms with Crippen LogP contribution in [0.4, 0.5) is 0 Å². The fraction of sp³-hybridized carbons (Fsp3) is 0.211. The molecule has 4 nitrogen and oxygen atoms in total. The smallest absolute Gasteiger partial charge is 0.328 e. The zero-order chi connectivity index (χ0) is 16.7. The van der Waals surface area contributed by atoms with Crippen molar-refractivity contribution in [1.29, 1.82) is 0 Å². The van der Waals surface area contributed by atoms with Gasteiger partial charge in [-0.25, -0.2) is 4.79 Å². The van der Waals surface area contributed by atoms with Crippen molar-refractivity contribution in [2.45, 2.75) is 20.3 Å². The molecule has 23 heavy (non-hydrogen) atoms. The molecule has 0 atom stereocenters. The highest BCUT2D eigenvalue weighted by Crippen LogP contribution is 2.24. The van der Waals surface area contributed by atoms with Crippen LogP contribution in [0, 0.1) is 0 Å². The highest BCUT2D eigenvalue weighted by Gasteiger charge is 2.00. The summed E-state index contributed by atoms with van der Waals surface area (Å²) in [5.74, 6) is 1.20. The molecule has 0 heterocycles. The monoisotopic (exact) mass is 312 g/mol. The lowest BCUT2D eigenvalue weighted by Gasteiger charge is -2.09. The quantitative estimate of drug-likeness (QED) is 0.767. The van der Waals surface area contributed by atoms with Gasteiger partial charge in [0.15, 0.2) is 0 Å². The summed E-state index contributed by atoms with van der Waals surface area (Å²) in [6.07, 6.45) is 2.14. The molecule has 0 unspecified atom stereocenters. The van der Waals surface area contributed by atoms with Gasteiger partial charge in [0.1, 0.15) is 23.9 Å². The van der Waals surface area contributed by atoms with E-state index in [0.717, 1.165) is 24.0 Å². The van der Waals surface area contributed by atoms with E-state index < -0.39 is 5.97 Å². The number of hydrogen-bond acceptors (Lipinski definition) is 3. The average molecular weight is 312 g/mol. The van der Waals surface area contributed by atoms with Gasteiger partial charge in [0.05, 0.1) is 0 Å². The Balaban J connectivity index is 1.92. The predicted molar refractivity (Wildman–Crippen MR) is 89.2 cm³/mol. The highest BCUT2D eigenvalue weighted by molar-refractivity contribution is 5.80. The van der Waals surface area contributed by atoms with Gasteiger partial charge < -0.3 is 14.6 Å². The van der Waals surface area contributed by atoms with Crippen LogP contribution in [0.3, 0.4) is 0 Å². The van der Waals surface area contributed by atoms with Gasteiger partial charge in [-0.2, -0.15) is 0 Å². The van der Waals surface area contributed by atoms with Gasteiger partial charge in [-0.05, 0) is 60.9 Å². The number of benzene rings is 2. The zero-order valence-corrected chi connectivity index (χ0v) is 13.3. The Bertz CT molecular complexity index is 670. The van der Waals surface area contributed by atoms with Crippen LogP contribution in [-0.4, -0.2) is 17.7 Å². The summed E-state index contributed by atoms with van der Waals surface area (Å²) in [6.45, 7) is 4.07. The van der Waals surface area contributed by atoms with Gasteiger partial charge in [0.2, 0.25) is 0 Å². The number of hydrogen-bond donors (Lipinski definition) is 1. The second-order valence-corrected chi connectivity index (χ2v) is 5.19. The molecule has 0 aliphatic heterocycles. The van der Waals surface area contributed by atoms with E-state index >= 15 is 0 Å². The third kappa shape index (κ3) is 5.51. The van der Waals surface area contributed by atoms with E-state index in [2.05, 4.69) is 6.92 Å². The second kappa shape index (κ2) is 8.03. The van der Waals surface area contributed by atoms with E-state index in [1.54, 1.807) is 19.1 Å². The molecule has 0 spiro atoms. The lowest BCUT2D eigenvalue weighted by Crippen LogP contribution is -2.01. The summed E-state index contributed by atoms with van der Waals surface area (Å²) in [4.78, 5) is 10.5. The Hall–Kier alpha value is -2.75. The maximum Gasteiger partial charge on any atom is 0.328 e. The predicted octanol–water partition coefficient (Wildman–Crippen LogP) is 4.45. The molecule has 1 N–H and O–H groups in total. The fourth-order valence-corrected chi connectivity index (χ4v) is 1.98. The Morgan fingerprint density at radius 3 is 2.04 bits per heavy atom. The first-order chi connectivity index (χ1) is 11.1. The maximum atomic E-state index is 10.5. The van der Waals surface area contributed by atoms with Crippen LogP contribution in [0.2, 0.25) is 0 Å². The van der Waals surface area contributed by atoms with Crippen LogP contribution < -0.4 is 9.47 Å². The molecule has 0 saturated carbocycles. The molecule has 120 valence electrons. The molecular formula is C19H20O4. The molecule has 0 saturated heterocycles. The van der Waals surface area contributed by atoms with Gasteiger partial charge in [-0.15, -0.1) is 0 Å². The number of aryl methyl sites for hydroxylation is 1. The molecule has 0 radical (unpaired) electrons. The molecule has 2 aromatic carbocycles. The summed E-state index contributed by atoms with van der Waals surface area (Å²) in [5.41, 5.74) is 1.92. The van der Waals surface area contributed by atoms with E-state index in [4.69, 9.17) is 14.6 Å². The Labute approximate surface area is 136 Å². The summed E-state index contributed by atoms with van der Waals surface area (Å²) >= 11 is 0. The normalized spacial score (nSPS) is 11.1. The minimum Gasteiger partial charge on any atom is -0.489 e. The largest absolute Gasteiger partial charge is 0.489 e. The Kier molecular flexibility index (Phi) is 5.80. The molecule has 4 heteroatoms. The topological polar surface area (TPSA) is 55.8 Å². The molecule has 0 aromatic heterocycles. The van der Waals surface area contributed by atoms with Crippen LogP contribution in [0.25, 0.3) is 0 Å². The van der Waals surface area contributed by atoms with Crippen molar-refractivity contribution >= 4 is 5.97 Å². The summed E-state index contributed by atoms with van der Waals surface area (Å²) in [6, 6.07) is 15.2. The summed E-state index contributed by atoms with van der Waals surface area (Å²) < 4.78 is 11.3. The van der Waals surface area contributed by atoms with Crippen molar-refractivity contribution in [2.24, 2.45) is 0 Å². The number of carboxylic acid groups (broad SMARTS) is 1. The van der Waals surface area contributed by atoms with E-state index in [9.17, 15) is 4.79 Å². The van der Waals surface area contributed by atoms with Crippen molar-refractivity contribution in [3.63, 3.8) is 0 Å². The Morgan fingerprint density at radius 1 is 1.00 bits per heavy atom. The van der Waals surface area contributed by atoms with Gasteiger partial charge in [-0.1, -0.05) is 19.1 Å². The average Bonchev–Trinajstić information content (AvgIpc) is 2.54. The number of carboxylic acids is 1. The van der Waals surface area contributed by atoms with Crippen LogP contribution in [0.1, 0.15) is 19.4 Å². The first-order valence-electron chi connectivity index (χ1n) is 7.46. The van der Waals surface area contributed by atoms with E-state index in [0.29, 0.717) is 11.3 Å². The molecule has 0 aliphatic carbocycles. The molecule has 2 aromatic rings. The third-order valence-corrected chi connectivity index (χ3v) is 3.23. The number of ether oxygens (including phenoxy) is 2. The summed E-state index contributed by atoms with van der Waals surface area (Å²) in [7, 11) is 0. The summed E-state index contributed by atoms with van der Waals surface area (Å²) in [5, 5.41) is 8.64. The maximum absolute atomic E-state index is 10.5. The molecular weight excluding hydrogens is 292 g/mol. The zero-order valence-electron chi connectivity index (χ0n) is 13.3. The minimum absolute atomic E-state index is 0.241. The van der Waals surface area contributed by atoms with Crippen molar-refractivity contribution in [1.82, 2.24) is 0 Å². The van der Waals surface area contributed by atoms with E-state index in [-0.39, 0.29) is 6.61 Å². The van der Waals surface area contributed by atoms with Crippen LogP contribution >= 0.6 is 0 Å². The second-order valence-electron chi connectivity index (χ2n) is 5.19. The van der Waals surface area contributed by atoms with Gasteiger partial charge in [0.25, 0.3) is 0 Å². The van der Waals surface area contributed by atoms with Crippen LogP contribution in [0.5, 0.6) is 17.2 Å². The molecule has 0 aliphatic rings. The lowest BCUT2D eigenvalue weighted by atomic mass is 10.2. The van der Waals surface area contributed by atoms with E-state index in [1.807, 2.05) is 36.4 Å². The van der Waals surface area contributed by atoms with E-state index in [1.165, 1.54) is 5.56 Å². The standard InChI is InChI=1S/C19H20O4/c1-3-15-4-6-17(7-5-15)23-18-10-8-16(9-11-18)22-13-14(2)12-19(20)21/h4-12H,3,13H2,1-2H3,(H,20,21)/b14-12+. The fourth-order valence-electron chi connectivity index (χ4n) is 1.98. The van der Waals surface area contributed by atoms with Gasteiger partial charge in [-0.3, -0.25) is 0 Å². The van der Waals surface area contributed by atoms with Crippen molar-refractivity contribution < 1.29 is 19.4 Å². The van der Waals surface area contributed by atoms with Gasteiger partial charge in [0, 0.05) is 6.08 Å². The number of aliphatic carboxylic acids is 1. The van der Waals surface area contributed by atoms with Crippen LogP contribution in [0.15, 0.2) is 60.2 Å². The minimum atomic E-state index is -0.969. The molecule has 0 bridgehead atoms. The Morgan fingerprint density at radius 2 is 1.52 bits per heavy atom. The van der Waals surface area contributed by atoms with Crippen molar-refractivity contribution in [3.05, 3.63) is 65.7 Å². The van der Waals surface area contributed by atoms with Crippen LogP contribution in [-0.2, 0) is 11.2 Å². The van der Waals surface area contributed by atoms with Gasteiger partial charge >= 0.3 is 5.97 Å². The SMILES string of the molecule is CCc1ccc(Oc2ccc(OC/C(C)=C/C(=O)O)cc2)cc1. The molecule has 0 amide bonds. The lowest BCUT2D eigenvalue weighted by molar-refractivity contribution is -0.131. The number of carbonyl (C=O) groups is 1. The highest BCUT2D eigenvalue weighted by atomic mass is 16.5. The van der Waals surface area contributed by atoms with Crippen molar-refractivity contribution in [3.8, 4) is 17.2 Å². The first-order valence-corrected chi connectivity index (χ1v) is 7.46. The number of rotatable bonds is 7. The molecule has 0 fully saturated rings. The first kappa shape index (κ1) is 16.6. The molecule has 2 rings (SSSR count). The van der Waals surface area contributed by atoms with Crippen molar-refractivity contribution in [2.75, 3.05) is 6.61 Å².